The lowest BCUT2D eigenvalue weighted by atomic mass is 10.0. The zero-order valence-corrected chi connectivity index (χ0v) is 27.5. The first-order chi connectivity index (χ1) is 22.4. The van der Waals surface area contributed by atoms with E-state index in [0.717, 1.165) is 91.9 Å². The number of nitrogens with one attached hydrogen (secondary N) is 2. The van der Waals surface area contributed by atoms with E-state index in [2.05, 4.69) is 86.0 Å². The van der Waals surface area contributed by atoms with Gasteiger partial charge in [0.15, 0.2) is 11.6 Å². The van der Waals surface area contributed by atoms with Crippen molar-refractivity contribution in [3.8, 4) is 0 Å². The lowest BCUT2D eigenvalue weighted by molar-refractivity contribution is 0.276. The molecule has 5 rings (SSSR count). The number of fused-ring (bicyclic) bond motifs is 2. The fourth-order valence-electron chi connectivity index (χ4n) is 6.19. The average Bonchev–Trinajstić information content (AvgIpc) is 3.58. The smallest absolute Gasteiger partial charge is 0.222 e. The van der Waals surface area contributed by atoms with Crippen LogP contribution in [0, 0.1) is 5.92 Å². The molecule has 0 aliphatic rings. The molecule has 0 bridgehead atoms. The number of nitrogens with two attached hydrogens (primary N) is 2. The van der Waals surface area contributed by atoms with Gasteiger partial charge in [0.1, 0.15) is 11.0 Å². The summed E-state index contributed by atoms with van der Waals surface area (Å²) in [6.07, 6.45) is 11.9. The van der Waals surface area contributed by atoms with Crippen LogP contribution in [0.25, 0.3) is 22.1 Å². The summed E-state index contributed by atoms with van der Waals surface area (Å²) < 4.78 is 4.44. The van der Waals surface area contributed by atoms with Gasteiger partial charge in [-0.2, -0.15) is 9.97 Å². The Balaban J connectivity index is 1.32. The van der Waals surface area contributed by atoms with Crippen LogP contribution < -0.4 is 22.1 Å². The second kappa shape index (κ2) is 15.8. The summed E-state index contributed by atoms with van der Waals surface area (Å²) in [7, 11) is 0. The van der Waals surface area contributed by atoms with E-state index in [-0.39, 0.29) is 24.5 Å². The number of unbranched alkanes of at least 4 members (excludes halogenated alkanes) is 3. The Morgan fingerprint density at radius 3 is 2.39 bits per heavy atom. The van der Waals surface area contributed by atoms with E-state index in [1.807, 2.05) is 18.3 Å². The Kier molecular flexibility index (Phi) is 11.3. The second-order valence-corrected chi connectivity index (χ2v) is 12.7. The minimum atomic E-state index is 0.0428. The van der Waals surface area contributed by atoms with Crippen molar-refractivity contribution in [1.82, 2.24) is 29.1 Å². The minimum Gasteiger partial charge on any atom is -0.396 e. The molecule has 0 saturated heterocycles. The molecule has 246 valence electrons. The van der Waals surface area contributed by atoms with Gasteiger partial charge in [-0.25, -0.2) is 9.97 Å². The van der Waals surface area contributed by atoms with Crippen LogP contribution in [0.4, 0.5) is 23.5 Å². The van der Waals surface area contributed by atoms with E-state index < -0.39 is 0 Å². The molecule has 0 fully saturated rings. The van der Waals surface area contributed by atoms with Gasteiger partial charge in [-0.15, -0.1) is 0 Å². The second-order valence-electron chi connectivity index (χ2n) is 12.7. The molecule has 0 saturated carbocycles. The van der Waals surface area contributed by atoms with Gasteiger partial charge < -0.3 is 36.3 Å². The maximum atomic E-state index is 9.90. The molecular weight excluding hydrogens is 576 g/mol. The zero-order chi connectivity index (χ0) is 32.5. The number of hydrogen-bond donors (Lipinski definition) is 5. The van der Waals surface area contributed by atoms with Crippen molar-refractivity contribution in [2.45, 2.75) is 91.3 Å². The molecule has 0 amide bonds. The zero-order valence-electron chi connectivity index (χ0n) is 27.5. The van der Waals surface area contributed by atoms with Crippen LogP contribution in [0.5, 0.6) is 0 Å². The lowest BCUT2D eigenvalue weighted by Crippen LogP contribution is -2.23. The summed E-state index contributed by atoms with van der Waals surface area (Å²) in [4.78, 5) is 18.4. The molecule has 7 N–H and O–H groups in total. The summed E-state index contributed by atoms with van der Waals surface area (Å²) in [5.74, 6) is 2.52. The molecular formula is C35H50N10O. The van der Waals surface area contributed by atoms with Crippen molar-refractivity contribution >= 4 is 45.6 Å². The van der Waals surface area contributed by atoms with Gasteiger partial charge in [-0.3, -0.25) is 0 Å². The molecule has 0 radical (unpaired) electrons. The molecule has 46 heavy (non-hydrogen) atoms. The first-order valence-corrected chi connectivity index (χ1v) is 16.8. The Morgan fingerprint density at radius 1 is 0.848 bits per heavy atom. The number of hydrogen-bond acceptors (Lipinski definition) is 9. The molecule has 11 nitrogen and oxygen atoms in total. The fourth-order valence-corrected chi connectivity index (χ4v) is 6.19. The number of aromatic nitrogens is 6. The van der Waals surface area contributed by atoms with E-state index in [1.54, 1.807) is 0 Å². The Bertz CT molecular complexity index is 1690. The van der Waals surface area contributed by atoms with Crippen molar-refractivity contribution in [2.75, 3.05) is 35.3 Å². The van der Waals surface area contributed by atoms with Gasteiger partial charge in [0.2, 0.25) is 11.9 Å². The van der Waals surface area contributed by atoms with Crippen LogP contribution in [0.3, 0.4) is 0 Å². The lowest BCUT2D eigenvalue weighted by Gasteiger charge is -2.20. The normalized spacial score (nSPS) is 12.4. The van der Waals surface area contributed by atoms with Gasteiger partial charge in [-0.1, -0.05) is 70.4 Å². The number of nitrogens with zero attached hydrogens (tertiary/aromatic N) is 6. The Labute approximate surface area is 271 Å². The predicted molar refractivity (Wildman–Crippen MR) is 189 cm³/mol. The van der Waals surface area contributed by atoms with Crippen LogP contribution in [-0.2, 0) is 19.5 Å². The topological polar surface area (TPSA) is 158 Å². The highest BCUT2D eigenvalue weighted by molar-refractivity contribution is 5.90. The third kappa shape index (κ3) is 8.25. The highest BCUT2D eigenvalue weighted by Gasteiger charge is 2.19. The van der Waals surface area contributed by atoms with E-state index >= 15 is 0 Å². The molecule has 5 aromatic rings. The molecule has 0 unspecified atom stereocenters. The third-order valence-electron chi connectivity index (χ3n) is 8.33. The van der Waals surface area contributed by atoms with E-state index in [4.69, 9.17) is 16.5 Å². The van der Waals surface area contributed by atoms with Crippen molar-refractivity contribution in [2.24, 2.45) is 5.92 Å². The molecule has 1 atom stereocenters. The summed E-state index contributed by atoms with van der Waals surface area (Å²) in [6, 6.07) is 12.5. The fraction of sp³-hybridized carbons (Fsp3) is 0.486. The number of aryl methyl sites for hydroxylation is 1. The molecule has 11 heteroatoms. The number of aliphatic hydroxyl groups excluding tert-OH is 1. The molecule has 4 aromatic heterocycles. The quantitative estimate of drug-likeness (QED) is 0.0712. The van der Waals surface area contributed by atoms with E-state index in [9.17, 15) is 5.11 Å². The minimum absolute atomic E-state index is 0.0428. The van der Waals surface area contributed by atoms with E-state index in [1.165, 1.54) is 17.5 Å². The largest absolute Gasteiger partial charge is 0.396 e. The number of anilines is 4. The molecule has 0 aliphatic carbocycles. The summed E-state index contributed by atoms with van der Waals surface area (Å²) >= 11 is 0. The highest BCUT2D eigenvalue weighted by Crippen LogP contribution is 2.30. The predicted octanol–water partition coefficient (Wildman–Crippen LogP) is 6.22. The number of aliphatic hydroxyl groups is 1. The van der Waals surface area contributed by atoms with Crippen molar-refractivity contribution in [3.63, 3.8) is 0 Å². The summed E-state index contributed by atoms with van der Waals surface area (Å²) in [6.45, 7) is 9.11. The number of benzene rings is 1. The first-order valence-electron chi connectivity index (χ1n) is 16.8. The maximum absolute atomic E-state index is 9.90. The SMILES string of the molecule is CCCCCNc1nc(N)nc2c(CCCC[C@@H](CCO)Nc3nc(N)nc4ccn(CC(C)C)c34)cn(Cc3ccccc3)c12. The average molecular weight is 627 g/mol. The standard InChI is InChI=1S/C35H50N10O/c1-4-5-11-18-38-32-31-29(41-35(37)42-32)26(23-45(31)22-25-12-7-6-8-13-25)14-9-10-15-27(17-20-46)39-33-30-28(40-34(36)43-33)16-19-44(30)21-24(2)3/h6-8,12-13,16,19,23-24,27,46H,4-5,9-11,14-15,17-18,20-22H2,1-3H3,(H3,36,39,40,43)(H3,37,38,41,42)/t27-/m0/s1. The van der Waals surface area contributed by atoms with E-state index in [0.29, 0.717) is 12.3 Å². The third-order valence-corrected chi connectivity index (χ3v) is 8.33. The summed E-state index contributed by atoms with van der Waals surface area (Å²) in [5, 5.41) is 17.1. The molecule has 1 aromatic carbocycles. The Morgan fingerprint density at radius 2 is 1.63 bits per heavy atom. The number of nitrogen functional groups attached to an aromatic ring is 2. The van der Waals surface area contributed by atoms with Gasteiger partial charge >= 0.3 is 0 Å². The van der Waals surface area contributed by atoms with Crippen LogP contribution in [-0.4, -0.2) is 53.4 Å². The number of rotatable bonds is 18. The van der Waals surface area contributed by atoms with Crippen LogP contribution in [0.1, 0.15) is 76.8 Å². The molecule has 4 heterocycles. The van der Waals surface area contributed by atoms with Gasteiger partial charge in [-0.05, 0) is 55.2 Å². The van der Waals surface area contributed by atoms with Crippen LogP contribution in [0.2, 0.25) is 0 Å². The van der Waals surface area contributed by atoms with Crippen molar-refractivity contribution < 1.29 is 5.11 Å². The van der Waals surface area contributed by atoms with Crippen LogP contribution in [0.15, 0.2) is 48.8 Å². The Hall–Kier alpha value is -4.38. The van der Waals surface area contributed by atoms with Crippen molar-refractivity contribution in [3.05, 3.63) is 59.9 Å². The van der Waals surface area contributed by atoms with Crippen molar-refractivity contribution in [1.29, 1.82) is 0 Å². The van der Waals surface area contributed by atoms with Gasteiger partial charge in [0.25, 0.3) is 0 Å². The van der Waals surface area contributed by atoms with Crippen LogP contribution >= 0.6 is 0 Å². The maximum Gasteiger partial charge on any atom is 0.222 e. The van der Waals surface area contributed by atoms with Gasteiger partial charge in [0, 0.05) is 44.7 Å². The first kappa shape index (κ1) is 33.0. The molecule has 0 spiro atoms. The highest BCUT2D eigenvalue weighted by atomic mass is 16.3. The monoisotopic (exact) mass is 626 g/mol. The molecule has 0 aliphatic heterocycles. The summed E-state index contributed by atoms with van der Waals surface area (Å²) in [5.41, 5.74) is 18.4. The van der Waals surface area contributed by atoms with Gasteiger partial charge in [0.05, 0.1) is 11.0 Å².